The molecule has 2 aromatic rings. The first-order valence-corrected chi connectivity index (χ1v) is 8.37. The Kier molecular flexibility index (Phi) is 4.48. The Hall–Kier alpha value is -1.19. The van der Waals surface area contributed by atoms with Gasteiger partial charge in [0.15, 0.2) is 0 Å². The zero-order valence-electron chi connectivity index (χ0n) is 12.1. The molecule has 2 aromatic heterocycles. The number of aromatic nitrogens is 1. The summed E-state index contributed by atoms with van der Waals surface area (Å²) in [7, 11) is 0. The monoisotopic (exact) mass is 286 g/mol. The van der Waals surface area contributed by atoms with Crippen molar-refractivity contribution >= 4 is 11.3 Å². The van der Waals surface area contributed by atoms with Crippen molar-refractivity contribution in [2.75, 3.05) is 0 Å². The van der Waals surface area contributed by atoms with Crippen LogP contribution in [0.15, 0.2) is 36.0 Å². The van der Waals surface area contributed by atoms with Crippen molar-refractivity contribution < 1.29 is 0 Å². The van der Waals surface area contributed by atoms with Crippen LogP contribution in [0.25, 0.3) is 0 Å². The van der Waals surface area contributed by atoms with Crippen molar-refractivity contribution in [2.45, 2.75) is 51.7 Å². The Morgan fingerprint density at radius 3 is 2.55 bits per heavy atom. The zero-order chi connectivity index (χ0) is 13.8. The number of nitrogens with zero attached hydrogens (tertiary/aromatic N) is 2. The van der Waals surface area contributed by atoms with Crippen molar-refractivity contribution in [3.63, 3.8) is 0 Å². The van der Waals surface area contributed by atoms with Crippen molar-refractivity contribution in [1.82, 2.24) is 9.88 Å². The fraction of sp³-hybridized carbons (Fsp3) is 0.471. The number of rotatable bonds is 5. The lowest BCUT2D eigenvalue weighted by Crippen LogP contribution is -2.32. The molecule has 1 aliphatic rings. The van der Waals surface area contributed by atoms with Gasteiger partial charge in [0.2, 0.25) is 0 Å². The summed E-state index contributed by atoms with van der Waals surface area (Å²) in [5.74, 6) is 0. The molecular formula is C17H22N2S. The van der Waals surface area contributed by atoms with E-state index in [1.165, 1.54) is 41.7 Å². The Balaban J connectivity index is 1.75. The molecule has 3 rings (SSSR count). The van der Waals surface area contributed by atoms with Crippen LogP contribution in [0.4, 0.5) is 0 Å². The predicted molar refractivity (Wildman–Crippen MR) is 84.8 cm³/mol. The molecule has 0 aromatic carbocycles. The van der Waals surface area contributed by atoms with Gasteiger partial charge in [0.05, 0.1) is 0 Å². The second-order valence-electron chi connectivity index (χ2n) is 5.73. The van der Waals surface area contributed by atoms with Crippen LogP contribution in [0.2, 0.25) is 0 Å². The first-order chi connectivity index (χ1) is 9.83. The van der Waals surface area contributed by atoms with Crippen LogP contribution < -0.4 is 0 Å². The van der Waals surface area contributed by atoms with Crippen LogP contribution in [0.5, 0.6) is 0 Å². The first kappa shape index (κ1) is 13.8. The summed E-state index contributed by atoms with van der Waals surface area (Å²) >= 11 is 1.89. The van der Waals surface area contributed by atoms with Gasteiger partial charge in [0.25, 0.3) is 0 Å². The maximum Gasteiger partial charge on any atom is 0.0337 e. The van der Waals surface area contributed by atoms with Crippen LogP contribution in [0.3, 0.4) is 0 Å². The van der Waals surface area contributed by atoms with E-state index in [1.807, 2.05) is 23.7 Å². The molecule has 0 N–H and O–H groups in total. The van der Waals surface area contributed by atoms with E-state index in [0.717, 1.165) is 19.1 Å². The molecule has 1 saturated carbocycles. The third kappa shape index (κ3) is 3.28. The maximum atomic E-state index is 4.12. The summed E-state index contributed by atoms with van der Waals surface area (Å²) in [4.78, 5) is 8.31. The van der Waals surface area contributed by atoms with Gasteiger partial charge >= 0.3 is 0 Å². The number of pyridine rings is 1. The Morgan fingerprint density at radius 1 is 1.15 bits per heavy atom. The van der Waals surface area contributed by atoms with E-state index in [2.05, 4.69) is 40.4 Å². The van der Waals surface area contributed by atoms with E-state index in [4.69, 9.17) is 0 Å². The van der Waals surface area contributed by atoms with Gasteiger partial charge in [-0.25, -0.2) is 0 Å². The van der Waals surface area contributed by atoms with E-state index < -0.39 is 0 Å². The van der Waals surface area contributed by atoms with Crippen LogP contribution in [0, 0.1) is 6.92 Å². The van der Waals surface area contributed by atoms with Crippen LogP contribution >= 0.6 is 11.3 Å². The van der Waals surface area contributed by atoms with Crippen LogP contribution in [-0.2, 0) is 13.1 Å². The van der Waals surface area contributed by atoms with Gasteiger partial charge in [0, 0.05) is 36.4 Å². The molecule has 0 amide bonds. The molecule has 0 unspecified atom stereocenters. The minimum absolute atomic E-state index is 0.754. The maximum absolute atomic E-state index is 4.12. The average Bonchev–Trinajstić information content (AvgIpc) is 3.12. The topological polar surface area (TPSA) is 16.1 Å². The summed E-state index contributed by atoms with van der Waals surface area (Å²) in [6, 6.07) is 7.27. The predicted octanol–water partition coefficient (Wildman–Crippen LogP) is 4.40. The molecule has 106 valence electrons. The van der Waals surface area contributed by atoms with Crippen molar-refractivity contribution in [1.29, 1.82) is 0 Å². The molecule has 0 atom stereocenters. The molecule has 0 radical (unpaired) electrons. The lowest BCUT2D eigenvalue weighted by molar-refractivity contribution is 0.182. The van der Waals surface area contributed by atoms with E-state index >= 15 is 0 Å². The van der Waals surface area contributed by atoms with Gasteiger partial charge in [-0.3, -0.25) is 9.88 Å². The number of aryl methyl sites for hydroxylation is 1. The molecule has 1 aliphatic carbocycles. The smallest absolute Gasteiger partial charge is 0.0337 e. The van der Waals surface area contributed by atoms with Gasteiger partial charge in [-0.1, -0.05) is 12.8 Å². The standard InChI is InChI=1S/C17H22N2S/c1-14-8-11-20-17(14)13-19(16-4-2-3-5-16)12-15-6-9-18-10-7-15/h6-11,16H,2-5,12-13H2,1H3. The highest BCUT2D eigenvalue weighted by Crippen LogP contribution is 2.28. The fourth-order valence-electron chi connectivity index (χ4n) is 3.06. The third-order valence-corrected chi connectivity index (χ3v) is 5.30. The van der Waals surface area contributed by atoms with E-state index in [-0.39, 0.29) is 0 Å². The minimum atomic E-state index is 0.754. The SMILES string of the molecule is Cc1ccsc1CN(Cc1ccncc1)C1CCCC1. The highest BCUT2D eigenvalue weighted by molar-refractivity contribution is 7.10. The largest absolute Gasteiger partial charge is 0.291 e. The molecule has 0 saturated heterocycles. The Morgan fingerprint density at radius 2 is 1.90 bits per heavy atom. The highest BCUT2D eigenvalue weighted by Gasteiger charge is 2.23. The second kappa shape index (κ2) is 6.51. The average molecular weight is 286 g/mol. The summed E-state index contributed by atoms with van der Waals surface area (Å²) < 4.78 is 0. The van der Waals surface area contributed by atoms with Gasteiger partial charge in [-0.2, -0.15) is 0 Å². The minimum Gasteiger partial charge on any atom is -0.291 e. The third-order valence-electron chi connectivity index (χ3n) is 4.29. The van der Waals surface area contributed by atoms with Gasteiger partial charge in [0.1, 0.15) is 0 Å². The van der Waals surface area contributed by atoms with E-state index in [1.54, 1.807) is 0 Å². The molecule has 1 fully saturated rings. The number of thiophene rings is 1. The summed E-state index contributed by atoms with van der Waals surface area (Å²) in [5.41, 5.74) is 2.81. The van der Waals surface area contributed by atoms with Crippen LogP contribution in [0.1, 0.15) is 41.7 Å². The summed E-state index contributed by atoms with van der Waals surface area (Å²) in [6.45, 7) is 4.37. The van der Waals surface area contributed by atoms with E-state index in [0.29, 0.717) is 0 Å². The zero-order valence-corrected chi connectivity index (χ0v) is 12.9. The molecule has 20 heavy (non-hydrogen) atoms. The molecule has 0 spiro atoms. The quantitative estimate of drug-likeness (QED) is 0.810. The van der Waals surface area contributed by atoms with E-state index in [9.17, 15) is 0 Å². The molecule has 3 heteroatoms. The molecule has 0 aliphatic heterocycles. The second-order valence-corrected chi connectivity index (χ2v) is 6.73. The van der Waals surface area contributed by atoms with Gasteiger partial charge in [-0.15, -0.1) is 11.3 Å². The molecular weight excluding hydrogens is 264 g/mol. The summed E-state index contributed by atoms with van der Waals surface area (Å²) in [6.07, 6.45) is 9.30. The van der Waals surface area contributed by atoms with Crippen molar-refractivity contribution in [3.05, 3.63) is 52.0 Å². The van der Waals surface area contributed by atoms with Gasteiger partial charge < -0.3 is 0 Å². The molecule has 2 nitrogen and oxygen atoms in total. The molecule has 2 heterocycles. The molecule has 0 bridgehead atoms. The Labute approximate surface area is 125 Å². The van der Waals surface area contributed by atoms with Crippen LogP contribution in [-0.4, -0.2) is 15.9 Å². The number of hydrogen-bond acceptors (Lipinski definition) is 3. The normalized spacial score (nSPS) is 16.1. The Bertz CT molecular complexity index is 529. The van der Waals surface area contributed by atoms with Crippen molar-refractivity contribution in [3.8, 4) is 0 Å². The lowest BCUT2D eigenvalue weighted by atomic mass is 10.1. The van der Waals surface area contributed by atoms with Crippen molar-refractivity contribution in [2.24, 2.45) is 0 Å². The number of hydrogen-bond donors (Lipinski definition) is 0. The summed E-state index contributed by atoms with van der Waals surface area (Å²) in [5, 5.41) is 2.21. The van der Waals surface area contributed by atoms with Gasteiger partial charge in [-0.05, 0) is 54.5 Å². The fourth-order valence-corrected chi connectivity index (χ4v) is 3.99. The highest BCUT2D eigenvalue weighted by atomic mass is 32.1. The first-order valence-electron chi connectivity index (χ1n) is 7.49. The lowest BCUT2D eigenvalue weighted by Gasteiger charge is -2.28.